The number of hydrogen-bond acceptors (Lipinski definition) is 9. The standard InChI is InChI=1S/C41H49B3Cl6N6O9/c1-22(2)12-24(5)14-35(56-38(59)20-53-41(62)30-17-27(47)8-11-33(30)50)44-64-42(21-54-36(57)18-51-39(60)28-15-25(45)6-9-31(28)48)63-43(65-44)34(13-23(3)4)55-37(58)19-52-40(61)29-16-26(46)7-10-32(29)49/h6-11,15-17,22-24,34-35H,12-14,18-21H2,1-5H3,(H,51,60)(H,52,61)(H,53,62)(H,54,57)(H,55,58)(H,56,59)/t24?,34-,35-/m0/s1. The van der Waals surface area contributed by atoms with Crippen molar-refractivity contribution < 1.29 is 42.5 Å². The Morgan fingerprint density at radius 3 is 1.25 bits per heavy atom. The molecule has 3 aromatic rings. The molecule has 0 spiro atoms. The molecule has 0 radical (unpaired) electrons. The van der Waals surface area contributed by atoms with Crippen molar-refractivity contribution >= 4 is 126 Å². The van der Waals surface area contributed by atoms with Crippen LogP contribution in [0.2, 0.25) is 30.1 Å². The van der Waals surface area contributed by atoms with Crippen LogP contribution in [0.15, 0.2) is 54.6 Å². The number of hydrogen-bond donors (Lipinski definition) is 6. The van der Waals surface area contributed by atoms with Crippen molar-refractivity contribution in [3.05, 3.63) is 101 Å². The van der Waals surface area contributed by atoms with Gasteiger partial charge in [0.15, 0.2) is 0 Å². The van der Waals surface area contributed by atoms with Crippen LogP contribution in [0.5, 0.6) is 0 Å². The van der Waals surface area contributed by atoms with Crippen LogP contribution in [-0.2, 0) is 28.1 Å². The van der Waals surface area contributed by atoms with Gasteiger partial charge in [0.25, 0.3) is 17.7 Å². The van der Waals surface area contributed by atoms with Gasteiger partial charge in [-0.3, -0.25) is 28.8 Å². The van der Waals surface area contributed by atoms with Gasteiger partial charge in [0.2, 0.25) is 17.7 Å². The molecule has 1 aliphatic heterocycles. The Morgan fingerprint density at radius 2 is 0.862 bits per heavy atom. The zero-order chi connectivity index (χ0) is 48.0. The fraction of sp³-hybridized carbons (Fsp3) is 0.415. The maximum atomic E-state index is 13.6. The van der Waals surface area contributed by atoms with E-state index < -0.39 is 88.3 Å². The summed E-state index contributed by atoms with van der Waals surface area (Å²) in [5, 5.41) is 17.4. The molecule has 6 N–H and O–H groups in total. The SMILES string of the molecule is CC(C)CC(C)C[C@H](NC(=O)CNC(=O)c1cc(Cl)ccc1Cl)B1OB(CNC(=O)CNC(=O)c2cc(Cl)ccc2Cl)OB([C@H](CC(C)C)NC(=O)CNC(=O)c2cc(Cl)ccc2Cl)O1. The molecular weight excluding hydrogens is 966 g/mol. The van der Waals surface area contributed by atoms with Gasteiger partial charge < -0.3 is 45.6 Å². The summed E-state index contributed by atoms with van der Waals surface area (Å²) < 4.78 is 19.0. The summed E-state index contributed by atoms with van der Waals surface area (Å²) in [5.74, 6) is -5.10. The lowest BCUT2D eigenvalue weighted by Crippen LogP contribution is -2.66. The number of benzene rings is 3. The Kier molecular flexibility index (Phi) is 21.6. The molecule has 348 valence electrons. The third-order valence-electron chi connectivity index (χ3n) is 9.66. The molecule has 3 atom stereocenters. The Bertz CT molecular complexity index is 2200. The summed E-state index contributed by atoms with van der Waals surface area (Å²) in [6, 6.07) is 13.1. The summed E-state index contributed by atoms with van der Waals surface area (Å²) in [7, 11) is -3.68. The summed E-state index contributed by atoms with van der Waals surface area (Å²) in [6.07, 6.45) is 1.16. The van der Waals surface area contributed by atoms with Crippen molar-refractivity contribution in [1.82, 2.24) is 31.9 Å². The molecule has 15 nitrogen and oxygen atoms in total. The van der Waals surface area contributed by atoms with Crippen LogP contribution in [0.25, 0.3) is 0 Å². The molecule has 1 aliphatic rings. The van der Waals surface area contributed by atoms with E-state index in [-0.39, 0.29) is 65.1 Å². The Balaban J connectivity index is 1.56. The molecule has 0 bridgehead atoms. The normalized spacial score (nSPS) is 14.1. The first-order valence-electron chi connectivity index (χ1n) is 20.7. The fourth-order valence-corrected chi connectivity index (χ4v) is 8.01. The topological polar surface area (TPSA) is 202 Å². The number of carbonyl (C=O) groups excluding carboxylic acids is 6. The predicted octanol–water partition coefficient (Wildman–Crippen LogP) is 6.55. The largest absolute Gasteiger partial charge is 0.453 e. The fourth-order valence-electron chi connectivity index (χ4n) is 6.88. The molecule has 6 amide bonds. The van der Waals surface area contributed by atoms with Crippen LogP contribution >= 0.6 is 69.6 Å². The van der Waals surface area contributed by atoms with Crippen molar-refractivity contribution in [2.24, 2.45) is 17.8 Å². The summed E-state index contributed by atoms with van der Waals surface area (Å²) in [4.78, 5) is 78.9. The third-order valence-corrected chi connectivity index (χ3v) is 11.4. The minimum absolute atomic E-state index is 0.0196. The van der Waals surface area contributed by atoms with Crippen LogP contribution < -0.4 is 31.9 Å². The van der Waals surface area contributed by atoms with Gasteiger partial charge in [-0.1, -0.05) is 104 Å². The molecule has 1 saturated heterocycles. The molecule has 0 aliphatic carbocycles. The Hall–Kier alpha value is -3.71. The molecule has 3 aromatic carbocycles. The van der Waals surface area contributed by atoms with Crippen LogP contribution in [0.1, 0.15) is 85.0 Å². The van der Waals surface area contributed by atoms with Crippen LogP contribution in [0.3, 0.4) is 0 Å². The van der Waals surface area contributed by atoms with Gasteiger partial charge in [-0.15, -0.1) is 0 Å². The average Bonchev–Trinajstić information content (AvgIpc) is 3.24. The van der Waals surface area contributed by atoms with E-state index in [9.17, 15) is 28.8 Å². The van der Waals surface area contributed by atoms with Gasteiger partial charge in [-0.25, -0.2) is 0 Å². The smallest absolute Gasteiger partial charge is 0.450 e. The van der Waals surface area contributed by atoms with Crippen LogP contribution in [0, 0.1) is 17.8 Å². The first kappa shape index (κ1) is 53.9. The van der Waals surface area contributed by atoms with E-state index in [1.807, 2.05) is 20.8 Å². The molecule has 24 heteroatoms. The van der Waals surface area contributed by atoms with E-state index in [1.165, 1.54) is 54.6 Å². The van der Waals surface area contributed by atoms with Crippen molar-refractivity contribution in [2.45, 2.75) is 65.8 Å². The predicted molar refractivity (Wildman–Crippen MR) is 256 cm³/mol. The molecule has 1 fully saturated rings. The first-order chi connectivity index (χ1) is 30.7. The summed E-state index contributed by atoms with van der Waals surface area (Å²) in [6.45, 7) is 8.62. The maximum Gasteiger partial charge on any atom is 0.453 e. The van der Waals surface area contributed by atoms with Gasteiger partial charge in [0, 0.05) is 15.1 Å². The lowest BCUT2D eigenvalue weighted by Gasteiger charge is -2.38. The van der Waals surface area contributed by atoms with Gasteiger partial charge in [0.1, 0.15) is 0 Å². The second-order valence-corrected chi connectivity index (χ2v) is 18.8. The summed E-state index contributed by atoms with van der Waals surface area (Å²) in [5.41, 5.74) is 0.235. The van der Waals surface area contributed by atoms with E-state index in [4.69, 9.17) is 83.3 Å². The molecule has 4 rings (SSSR count). The lowest BCUT2D eigenvalue weighted by atomic mass is 9.60. The molecule has 1 heterocycles. The highest BCUT2D eigenvalue weighted by Gasteiger charge is 2.49. The monoisotopic (exact) mass is 1010 g/mol. The molecule has 0 saturated carbocycles. The summed E-state index contributed by atoms with van der Waals surface area (Å²) >= 11 is 36.7. The lowest BCUT2D eigenvalue weighted by molar-refractivity contribution is -0.121. The molecule has 1 unspecified atom stereocenters. The highest BCUT2D eigenvalue weighted by Crippen LogP contribution is 2.25. The van der Waals surface area contributed by atoms with Crippen molar-refractivity contribution in [3.63, 3.8) is 0 Å². The zero-order valence-corrected chi connectivity index (χ0v) is 40.7. The highest BCUT2D eigenvalue weighted by atomic mass is 35.5. The van der Waals surface area contributed by atoms with E-state index >= 15 is 0 Å². The minimum atomic E-state index is -1.23. The first-order valence-corrected chi connectivity index (χ1v) is 23.0. The van der Waals surface area contributed by atoms with E-state index in [0.29, 0.717) is 18.8 Å². The van der Waals surface area contributed by atoms with Crippen molar-refractivity contribution in [1.29, 1.82) is 0 Å². The van der Waals surface area contributed by atoms with Crippen LogP contribution in [0.4, 0.5) is 0 Å². The number of carbonyl (C=O) groups is 6. The quantitative estimate of drug-likeness (QED) is 0.0641. The molecular formula is C41H49B3Cl6N6O9. The van der Waals surface area contributed by atoms with Gasteiger partial charge >= 0.3 is 21.4 Å². The van der Waals surface area contributed by atoms with Crippen molar-refractivity contribution in [2.75, 3.05) is 26.1 Å². The number of nitrogens with one attached hydrogen (secondary N) is 6. The number of amides is 6. The molecule has 0 aromatic heterocycles. The van der Waals surface area contributed by atoms with E-state index in [2.05, 4.69) is 45.7 Å². The average molecular weight is 1020 g/mol. The van der Waals surface area contributed by atoms with Gasteiger partial charge in [-0.2, -0.15) is 0 Å². The van der Waals surface area contributed by atoms with Gasteiger partial charge in [-0.05, 0) is 91.6 Å². The second-order valence-electron chi connectivity index (χ2n) is 16.2. The zero-order valence-electron chi connectivity index (χ0n) is 36.2. The minimum Gasteiger partial charge on any atom is -0.450 e. The van der Waals surface area contributed by atoms with Crippen LogP contribution in [-0.4, -0.2) is 94.8 Å². The van der Waals surface area contributed by atoms with Crippen molar-refractivity contribution in [3.8, 4) is 0 Å². The Labute approximate surface area is 409 Å². The maximum absolute atomic E-state index is 13.6. The third kappa shape index (κ3) is 17.8. The highest BCUT2D eigenvalue weighted by molar-refractivity contribution is 6.75. The Morgan fingerprint density at radius 1 is 0.492 bits per heavy atom. The van der Waals surface area contributed by atoms with E-state index in [1.54, 1.807) is 0 Å². The number of halogens is 6. The van der Waals surface area contributed by atoms with E-state index in [0.717, 1.165) is 6.42 Å². The van der Waals surface area contributed by atoms with Gasteiger partial charge in [0.05, 0.1) is 69.7 Å². The second kappa shape index (κ2) is 26.0. The number of rotatable bonds is 21. The molecule has 65 heavy (non-hydrogen) atoms.